The average Bonchev–Trinajstić information content (AvgIpc) is 2.45. The zero-order chi connectivity index (χ0) is 15.6. The van der Waals surface area contributed by atoms with Gasteiger partial charge in [0.05, 0.1) is 6.04 Å². The van der Waals surface area contributed by atoms with Gasteiger partial charge in [-0.2, -0.15) is 0 Å². The van der Waals surface area contributed by atoms with Crippen LogP contribution >= 0.6 is 0 Å². The minimum Gasteiger partial charge on any atom is -0.311 e. The van der Waals surface area contributed by atoms with E-state index < -0.39 is 11.6 Å². The Kier molecular flexibility index (Phi) is 4.99. The van der Waals surface area contributed by atoms with Gasteiger partial charge in [-0.3, -0.25) is 0 Å². The Morgan fingerprint density at radius 2 is 1.81 bits per heavy atom. The third-order valence-corrected chi connectivity index (χ3v) is 5.13. The molecule has 0 saturated heterocycles. The number of halogens is 2. The molecule has 0 radical (unpaired) electrons. The van der Waals surface area contributed by atoms with Crippen LogP contribution in [0.2, 0.25) is 0 Å². The summed E-state index contributed by atoms with van der Waals surface area (Å²) in [7, 11) is 6.07. The molecule has 1 unspecified atom stereocenters. The smallest absolute Gasteiger partial charge is 0.159 e. The van der Waals surface area contributed by atoms with Gasteiger partial charge in [-0.05, 0) is 70.4 Å². The van der Waals surface area contributed by atoms with E-state index in [1.807, 2.05) is 7.05 Å². The van der Waals surface area contributed by atoms with Crippen molar-refractivity contribution >= 4 is 0 Å². The number of likely N-dealkylation sites (N-methyl/N-ethyl adjacent to an activating group) is 2. The van der Waals surface area contributed by atoms with E-state index in [2.05, 4.69) is 31.2 Å². The maximum atomic E-state index is 13.6. The Balaban J connectivity index is 2.38. The third kappa shape index (κ3) is 3.11. The summed E-state index contributed by atoms with van der Waals surface area (Å²) in [4.78, 5) is 2.25. The van der Waals surface area contributed by atoms with E-state index >= 15 is 0 Å². The number of nitrogens with zero attached hydrogens (tertiary/aromatic N) is 1. The molecule has 0 amide bonds. The van der Waals surface area contributed by atoms with Crippen LogP contribution in [0.15, 0.2) is 18.2 Å². The first kappa shape index (κ1) is 16.4. The average molecular weight is 296 g/mol. The molecule has 1 aromatic rings. The molecule has 1 saturated carbocycles. The van der Waals surface area contributed by atoms with Gasteiger partial charge >= 0.3 is 0 Å². The van der Waals surface area contributed by atoms with E-state index in [1.54, 1.807) is 6.07 Å². The highest BCUT2D eigenvalue weighted by molar-refractivity contribution is 5.25. The van der Waals surface area contributed by atoms with Gasteiger partial charge < -0.3 is 10.2 Å². The Labute approximate surface area is 126 Å². The Morgan fingerprint density at radius 1 is 1.19 bits per heavy atom. The van der Waals surface area contributed by atoms with Gasteiger partial charge in [-0.1, -0.05) is 13.0 Å². The largest absolute Gasteiger partial charge is 0.311 e. The Bertz CT molecular complexity index is 480. The van der Waals surface area contributed by atoms with Crippen molar-refractivity contribution in [3.8, 4) is 0 Å². The maximum Gasteiger partial charge on any atom is 0.159 e. The Morgan fingerprint density at radius 3 is 2.29 bits per heavy atom. The number of hydrogen-bond donors (Lipinski definition) is 1. The fourth-order valence-electron chi connectivity index (χ4n) is 3.69. The number of benzene rings is 1. The lowest BCUT2D eigenvalue weighted by molar-refractivity contribution is 0.0454. The molecule has 0 aromatic heterocycles. The van der Waals surface area contributed by atoms with Gasteiger partial charge in [-0.25, -0.2) is 8.78 Å². The predicted molar refractivity (Wildman–Crippen MR) is 82.2 cm³/mol. The monoisotopic (exact) mass is 296 g/mol. The van der Waals surface area contributed by atoms with Crippen molar-refractivity contribution in [1.29, 1.82) is 0 Å². The van der Waals surface area contributed by atoms with Gasteiger partial charge in [0, 0.05) is 5.54 Å². The zero-order valence-corrected chi connectivity index (χ0v) is 13.4. The van der Waals surface area contributed by atoms with Gasteiger partial charge in [0.25, 0.3) is 0 Å². The molecule has 2 nitrogen and oxygen atoms in total. The summed E-state index contributed by atoms with van der Waals surface area (Å²) in [6.45, 7) is 2.28. The van der Waals surface area contributed by atoms with Gasteiger partial charge in [0.2, 0.25) is 0 Å². The van der Waals surface area contributed by atoms with Crippen molar-refractivity contribution in [2.24, 2.45) is 5.92 Å². The molecule has 1 aliphatic rings. The molecule has 0 bridgehead atoms. The molecule has 0 aliphatic heterocycles. The first-order valence-corrected chi connectivity index (χ1v) is 7.70. The van der Waals surface area contributed by atoms with Crippen molar-refractivity contribution < 1.29 is 8.78 Å². The molecule has 1 aliphatic carbocycles. The third-order valence-electron chi connectivity index (χ3n) is 5.13. The molecule has 4 heteroatoms. The molecule has 1 N–H and O–H groups in total. The quantitative estimate of drug-likeness (QED) is 0.910. The molecule has 0 heterocycles. The highest BCUT2D eigenvalue weighted by atomic mass is 19.2. The lowest BCUT2D eigenvalue weighted by Gasteiger charge is -2.50. The summed E-state index contributed by atoms with van der Waals surface area (Å²) in [6.07, 6.45) is 4.46. The molecule has 2 rings (SSSR count). The second-order valence-corrected chi connectivity index (χ2v) is 6.58. The second kappa shape index (κ2) is 6.41. The highest BCUT2D eigenvalue weighted by Gasteiger charge is 2.43. The van der Waals surface area contributed by atoms with E-state index in [0.29, 0.717) is 0 Å². The predicted octanol–water partition coefficient (Wildman–Crippen LogP) is 3.74. The summed E-state index contributed by atoms with van der Waals surface area (Å²) in [5.41, 5.74) is 0.769. The molecule has 21 heavy (non-hydrogen) atoms. The van der Waals surface area contributed by atoms with Crippen molar-refractivity contribution in [2.75, 3.05) is 21.1 Å². The van der Waals surface area contributed by atoms with Crippen LogP contribution in [-0.2, 0) is 0 Å². The first-order valence-electron chi connectivity index (χ1n) is 7.70. The van der Waals surface area contributed by atoms with E-state index in [0.717, 1.165) is 24.3 Å². The Hall–Kier alpha value is -1.00. The lowest BCUT2D eigenvalue weighted by atomic mass is 9.70. The lowest BCUT2D eigenvalue weighted by Crippen LogP contribution is -2.55. The zero-order valence-electron chi connectivity index (χ0n) is 13.4. The molecular weight excluding hydrogens is 270 g/mol. The summed E-state index contributed by atoms with van der Waals surface area (Å²) < 4.78 is 26.8. The second-order valence-electron chi connectivity index (χ2n) is 6.58. The van der Waals surface area contributed by atoms with E-state index in [-0.39, 0.29) is 11.6 Å². The summed E-state index contributed by atoms with van der Waals surface area (Å²) in [6, 6.07) is 4.25. The van der Waals surface area contributed by atoms with Crippen molar-refractivity contribution in [2.45, 2.75) is 44.2 Å². The van der Waals surface area contributed by atoms with Gasteiger partial charge in [-0.15, -0.1) is 0 Å². The van der Waals surface area contributed by atoms with Gasteiger partial charge in [0.1, 0.15) is 0 Å². The SMILES string of the molecule is CNC(c1ccc(F)c(F)c1)C1(N(C)C)CCC(C)CC1. The number of rotatable bonds is 4. The van der Waals surface area contributed by atoms with Gasteiger partial charge in [0.15, 0.2) is 11.6 Å². The van der Waals surface area contributed by atoms with Crippen LogP contribution in [0, 0.1) is 17.6 Å². The molecule has 1 atom stereocenters. The molecule has 1 aromatic carbocycles. The number of nitrogens with one attached hydrogen (secondary N) is 1. The van der Waals surface area contributed by atoms with Crippen LogP contribution in [0.1, 0.15) is 44.2 Å². The topological polar surface area (TPSA) is 15.3 Å². The molecule has 1 fully saturated rings. The highest BCUT2D eigenvalue weighted by Crippen LogP contribution is 2.43. The molecule has 118 valence electrons. The van der Waals surface area contributed by atoms with Crippen molar-refractivity contribution in [3.63, 3.8) is 0 Å². The van der Waals surface area contributed by atoms with Crippen LogP contribution in [0.3, 0.4) is 0 Å². The molecular formula is C17H26F2N2. The van der Waals surface area contributed by atoms with Crippen molar-refractivity contribution in [1.82, 2.24) is 10.2 Å². The molecule has 0 spiro atoms. The fraction of sp³-hybridized carbons (Fsp3) is 0.647. The van der Waals surface area contributed by atoms with Crippen LogP contribution in [0.25, 0.3) is 0 Å². The summed E-state index contributed by atoms with van der Waals surface area (Å²) in [5, 5.41) is 3.34. The van der Waals surface area contributed by atoms with Crippen LogP contribution in [0.4, 0.5) is 8.78 Å². The summed E-state index contributed by atoms with van der Waals surface area (Å²) >= 11 is 0. The van der Waals surface area contributed by atoms with Crippen LogP contribution < -0.4 is 5.32 Å². The fourth-order valence-corrected chi connectivity index (χ4v) is 3.69. The normalized spacial score (nSPS) is 27.9. The minimum atomic E-state index is -0.787. The maximum absolute atomic E-state index is 13.6. The van der Waals surface area contributed by atoms with Crippen molar-refractivity contribution in [3.05, 3.63) is 35.4 Å². The summed E-state index contributed by atoms with van der Waals surface area (Å²) in [5.74, 6) is -0.823. The van der Waals surface area contributed by atoms with E-state index in [1.165, 1.54) is 25.0 Å². The minimum absolute atomic E-state index is 0.00454. The van der Waals surface area contributed by atoms with E-state index in [9.17, 15) is 8.78 Å². The van der Waals surface area contributed by atoms with Crippen LogP contribution in [0.5, 0.6) is 0 Å². The van der Waals surface area contributed by atoms with Crippen LogP contribution in [-0.4, -0.2) is 31.6 Å². The first-order chi connectivity index (χ1) is 9.90. The number of hydrogen-bond acceptors (Lipinski definition) is 2. The van der Waals surface area contributed by atoms with E-state index in [4.69, 9.17) is 0 Å². The standard InChI is InChI=1S/C17H26F2N2/c1-12-7-9-17(10-8-12,21(3)4)16(20-2)13-5-6-14(18)15(19)11-13/h5-6,11-12,16,20H,7-10H2,1-4H3.